The van der Waals surface area contributed by atoms with Crippen molar-refractivity contribution in [3.8, 4) is 0 Å². The number of rotatable bonds is 2. The minimum Gasteiger partial charge on any atom is -0.325 e. The maximum atomic E-state index is 12.0. The third kappa shape index (κ3) is 2.39. The van der Waals surface area contributed by atoms with E-state index in [1.54, 1.807) is 18.3 Å². The topological polar surface area (TPSA) is 34.9 Å². The number of hydrogen-bond acceptors (Lipinski definition) is 2. The lowest BCUT2D eigenvalue weighted by Crippen LogP contribution is -2.13. The van der Waals surface area contributed by atoms with Gasteiger partial charge in [0, 0.05) is 29.0 Å². The van der Waals surface area contributed by atoms with Crippen LogP contribution in [0.2, 0.25) is 0 Å². The molecule has 3 aromatic rings. The average molecular weight is 329 g/mol. The second-order valence-corrected chi connectivity index (χ2v) is 5.65. The molecule has 2 aromatic heterocycles. The first-order valence-corrected chi connectivity index (χ1v) is 7.14. The number of aromatic nitrogens is 2. The molecule has 0 amide bonds. The largest absolute Gasteiger partial charge is 0.325 e. The quantitative estimate of drug-likeness (QED) is 0.721. The first-order chi connectivity index (χ1) is 9.65. The van der Waals surface area contributed by atoms with E-state index in [1.807, 2.05) is 25.1 Å². The number of benzene rings is 1. The number of hydrogen-bond donors (Lipinski definition) is 0. The monoisotopic (exact) mass is 328 g/mol. The Balaban J connectivity index is 2.16. The zero-order valence-electron chi connectivity index (χ0n) is 11.0. The lowest BCUT2D eigenvalue weighted by atomic mass is 10.2. The van der Waals surface area contributed by atoms with E-state index in [4.69, 9.17) is 0 Å². The van der Waals surface area contributed by atoms with Gasteiger partial charge in [-0.15, -0.1) is 0 Å². The molecule has 0 fully saturated rings. The van der Waals surface area contributed by atoms with E-state index in [1.165, 1.54) is 5.56 Å². The number of fused-ring (bicyclic) bond motifs is 1. The highest BCUT2D eigenvalue weighted by Gasteiger charge is 2.07. The molecule has 0 atom stereocenters. The summed E-state index contributed by atoms with van der Waals surface area (Å²) in [6.07, 6.45) is 1.72. The second kappa shape index (κ2) is 5.21. The zero-order chi connectivity index (χ0) is 14.1. The van der Waals surface area contributed by atoms with Gasteiger partial charge in [-0.05, 0) is 36.8 Å². The van der Waals surface area contributed by atoms with Crippen molar-refractivity contribution in [1.82, 2.24) is 9.55 Å². The minimum absolute atomic E-state index is 0.0256. The molecular weight excluding hydrogens is 316 g/mol. The molecule has 0 aliphatic carbocycles. The lowest BCUT2D eigenvalue weighted by molar-refractivity contribution is 0.781. The Hall–Kier alpha value is -1.94. The molecule has 0 spiro atoms. The third-order valence-corrected chi connectivity index (χ3v) is 3.86. The summed E-state index contributed by atoms with van der Waals surface area (Å²) in [7, 11) is 0. The van der Waals surface area contributed by atoms with Crippen LogP contribution in [0.15, 0.2) is 57.9 Å². The summed E-state index contributed by atoms with van der Waals surface area (Å²) in [4.78, 5) is 16.4. The smallest absolute Gasteiger partial charge is 0.191 e. The van der Waals surface area contributed by atoms with Gasteiger partial charge in [-0.3, -0.25) is 4.79 Å². The highest BCUT2D eigenvalue weighted by molar-refractivity contribution is 9.10. The van der Waals surface area contributed by atoms with Crippen LogP contribution in [0, 0.1) is 6.92 Å². The molecule has 1 aromatic carbocycles. The van der Waals surface area contributed by atoms with Crippen molar-refractivity contribution in [2.75, 3.05) is 0 Å². The summed E-state index contributed by atoms with van der Waals surface area (Å²) < 4.78 is 3.13. The molecule has 0 saturated heterocycles. The molecule has 2 heterocycles. The van der Waals surface area contributed by atoms with Crippen LogP contribution in [0.4, 0.5) is 0 Å². The average Bonchev–Trinajstić information content (AvgIpc) is 2.45. The molecule has 100 valence electrons. The number of aryl methyl sites for hydroxylation is 1. The third-order valence-electron chi connectivity index (χ3n) is 3.33. The summed E-state index contributed by atoms with van der Waals surface area (Å²) in [5.41, 5.74) is 2.86. The van der Waals surface area contributed by atoms with Gasteiger partial charge in [0.1, 0.15) is 5.65 Å². The van der Waals surface area contributed by atoms with Crippen LogP contribution >= 0.6 is 15.9 Å². The van der Waals surface area contributed by atoms with Crippen molar-refractivity contribution in [3.63, 3.8) is 0 Å². The van der Waals surface area contributed by atoms with E-state index in [2.05, 4.69) is 37.6 Å². The Labute approximate surface area is 125 Å². The molecule has 0 bridgehead atoms. The molecular formula is C16H13BrN2O. The Bertz CT molecular complexity index is 822. The van der Waals surface area contributed by atoms with Gasteiger partial charge in [0.15, 0.2) is 5.43 Å². The van der Waals surface area contributed by atoms with Gasteiger partial charge in [0.2, 0.25) is 0 Å². The Morgan fingerprint density at radius 1 is 1.20 bits per heavy atom. The molecule has 3 nitrogen and oxygen atoms in total. The van der Waals surface area contributed by atoms with E-state index in [0.29, 0.717) is 11.9 Å². The number of nitrogens with zero attached hydrogens (tertiary/aromatic N) is 2. The second-order valence-electron chi connectivity index (χ2n) is 4.74. The van der Waals surface area contributed by atoms with Gasteiger partial charge < -0.3 is 4.57 Å². The van der Waals surface area contributed by atoms with Gasteiger partial charge >= 0.3 is 0 Å². The lowest BCUT2D eigenvalue weighted by Gasteiger charge is -2.13. The molecule has 4 heteroatoms. The molecule has 0 N–H and O–H groups in total. The van der Waals surface area contributed by atoms with E-state index in [9.17, 15) is 4.79 Å². The fraction of sp³-hybridized carbons (Fsp3) is 0.125. The minimum atomic E-state index is 0.0256. The zero-order valence-corrected chi connectivity index (χ0v) is 12.6. The van der Waals surface area contributed by atoms with Crippen molar-refractivity contribution >= 4 is 27.0 Å². The van der Waals surface area contributed by atoms with E-state index >= 15 is 0 Å². The van der Waals surface area contributed by atoms with Crippen molar-refractivity contribution < 1.29 is 0 Å². The van der Waals surface area contributed by atoms with Crippen LogP contribution in [-0.2, 0) is 6.54 Å². The van der Waals surface area contributed by atoms with Crippen LogP contribution in [-0.4, -0.2) is 9.55 Å². The van der Waals surface area contributed by atoms with Gasteiger partial charge in [-0.1, -0.05) is 28.1 Å². The first-order valence-electron chi connectivity index (χ1n) is 6.35. The number of pyridine rings is 2. The first kappa shape index (κ1) is 13.1. The Morgan fingerprint density at radius 2 is 1.95 bits per heavy atom. The molecule has 20 heavy (non-hydrogen) atoms. The van der Waals surface area contributed by atoms with Crippen LogP contribution in [0.25, 0.3) is 11.0 Å². The fourth-order valence-corrected chi connectivity index (χ4v) is 2.55. The SMILES string of the molecule is Cc1cc(=O)c2cccnc2n1Cc1ccc(Br)cc1. The standard InChI is InChI=1S/C16H13BrN2O/c1-11-9-15(20)14-3-2-8-18-16(14)19(11)10-12-4-6-13(17)7-5-12/h2-9H,10H2,1H3. The Morgan fingerprint density at radius 3 is 2.70 bits per heavy atom. The highest BCUT2D eigenvalue weighted by atomic mass is 79.9. The van der Waals surface area contributed by atoms with Crippen LogP contribution < -0.4 is 5.43 Å². The van der Waals surface area contributed by atoms with Crippen LogP contribution in [0.3, 0.4) is 0 Å². The van der Waals surface area contributed by atoms with E-state index in [-0.39, 0.29) is 5.43 Å². The van der Waals surface area contributed by atoms with Gasteiger partial charge in [0.05, 0.1) is 5.39 Å². The Kier molecular flexibility index (Phi) is 3.40. The molecule has 0 saturated carbocycles. The van der Waals surface area contributed by atoms with Crippen molar-refractivity contribution in [2.24, 2.45) is 0 Å². The molecule has 3 rings (SSSR count). The maximum Gasteiger partial charge on any atom is 0.191 e. The molecule has 0 aliphatic rings. The molecule has 0 unspecified atom stereocenters. The van der Waals surface area contributed by atoms with Crippen LogP contribution in [0.5, 0.6) is 0 Å². The summed E-state index contributed by atoms with van der Waals surface area (Å²) in [5.74, 6) is 0. The maximum absolute atomic E-state index is 12.0. The summed E-state index contributed by atoms with van der Waals surface area (Å²) in [6, 6.07) is 13.5. The van der Waals surface area contributed by atoms with Gasteiger partial charge in [-0.2, -0.15) is 0 Å². The van der Waals surface area contributed by atoms with Crippen molar-refractivity contribution in [3.05, 3.63) is 74.6 Å². The molecule has 0 radical (unpaired) electrons. The predicted octanol–water partition coefficient (Wildman–Crippen LogP) is 3.52. The summed E-state index contributed by atoms with van der Waals surface area (Å²) in [5, 5.41) is 0.662. The highest BCUT2D eigenvalue weighted by Crippen LogP contribution is 2.15. The van der Waals surface area contributed by atoms with E-state index in [0.717, 1.165) is 15.8 Å². The molecule has 0 aliphatic heterocycles. The fourth-order valence-electron chi connectivity index (χ4n) is 2.29. The normalized spacial score (nSPS) is 10.9. The number of halogens is 1. The van der Waals surface area contributed by atoms with Gasteiger partial charge in [0.25, 0.3) is 0 Å². The van der Waals surface area contributed by atoms with Crippen molar-refractivity contribution in [1.29, 1.82) is 0 Å². The summed E-state index contributed by atoms with van der Waals surface area (Å²) >= 11 is 3.43. The predicted molar refractivity (Wildman–Crippen MR) is 84.0 cm³/mol. The summed E-state index contributed by atoms with van der Waals surface area (Å²) in [6.45, 7) is 2.64. The van der Waals surface area contributed by atoms with Crippen molar-refractivity contribution in [2.45, 2.75) is 13.5 Å². The van der Waals surface area contributed by atoms with Crippen LogP contribution in [0.1, 0.15) is 11.3 Å². The van der Waals surface area contributed by atoms with E-state index < -0.39 is 0 Å². The van der Waals surface area contributed by atoms with Gasteiger partial charge in [-0.25, -0.2) is 4.98 Å².